The number of likely N-dealkylation sites (tertiary alicyclic amines) is 1. The Kier molecular flexibility index (Phi) is 4.92. The number of amides is 3. The van der Waals surface area contributed by atoms with Gasteiger partial charge >= 0.3 is 0 Å². The second-order valence-corrected chi connectivity index (χ2v) is 6.67. The highest BCUT2D eigenvalue weighted by Gasteiger charge is 2.46. The van der Waals surface area contributed by atoms with Crippen LogP contribution in [0.1, 0.15) is 19.3 Å². The summed E-state index contributed by atoms with van der Waals surface area (Å²) in [5.41, 5.74) is 0.408. The molecule has 0 unspecified atom stereocenters. The van der Waals surface area contributed by atoms with Crippen LogP contribution >= 0.6 is 23.2 Å². The Labute approximate surface area is 149 Å². The normalized spacial score (nSPS) is 22.7. The molecule has 1 heterocycles. The first-order chi connectivity index (χ1) is 11.5. The molecule has 1 aliphatic heterocycles. The average Bonchev–Trinajstić information content (AvgIpc) is 2.82. The molecule has 1 aromatic rings. The topological polar surface area (TPSA) is 66.5 Å². The van der Waals surface area contributed by atoms with Crippen molar-refractivity contribution in [1.29, 1.82) is 0 Å². The number of nitrogens with one attached hydrogen (secondary N) is 1. The number of carbonyl (C=O) groups is 3. The summed E-state index contributed by atoms with van der Waals surface area (Å²) >= 11 is 11.9. The van der Waals surface area contributed by atoms with Gasteiger partial charge in [0.1, 0.15) is 0 Å². The van der Waals surface area contributed by atoms with Crippen molar-refractivity contribution < 1.29 is 14.4 Å². The number of benzene rings is 1. The maximum atomic E-state index is 12.3. The van der Waals surface area contributed by atoms with Gasteiger partial charge in [-0.15, -0.1) is 0 Å². The van der Waals surface area contributed by atoms with Crippen LogP contribution in [0.25, 0.3) is 0 Å². The second kappa shape index (κ2) is 6.95. The van der Waals surface area contributed by atoms with Gasteiger partial charge in [-0.25, -0.2) is 0 Å². The third-order valence-corrected chi connectivity index (χ3v) is 5.21. The Hall–Kier alpha value is -1.85. The van der Waals surface area contributed by atoms with Crippen molar-refractivity contribution in [3.05, 3.63) is 40.4 Å². The highest BCUT2D eigenvalue weighted by molar-refractivity contribution is 6.43. The molecule has 7 heteroatoms. The second-order valence-electron chi connectivity index (χ2n) is 5.88. The van der Waals surface area contributed by atoms with Crippen molar-refractivity contribution in [2.24, 2.45) is 11.8 Å². The van der Waals surface area contributed by atoms with Gasteiger partial charge in [-0.3, -0.25) is 19.3 Å². The summed E-state index contributed by atoms with van der Waals surface area (Å²) in [7, 11) is 0. The monoisotopic (exact) mass is 366 g/mol. The quantitative estimate of drug-likeness (QED) is 0.656. The number of rotatable bonds is 4. The highest BCUT2D eigenvalue weighted by atomic mass is 35.5. The SMILES string of the molecule is O=C(CCN1C(=O)[C@@H]2CC=CC[C@H]2C1=O)Nc1cccc(Cl)c1Cl. The number of fused-ring (bicyclic) bond motifs is 1. The Bertz CT molecular complexity index is 707. The van der Waals surface area contributed by atoms with Crippen molar-refractivity contribution in [1.82, 2.24) is 4.90 Å². The van der Waals surface area contributed by atoms with Gasteiger partial charge in [0.2, 0.25) is 17.7 Å². The number of hydrogen-bond acceptors (Lipinski definition) is 3. The van der Waals surface area contributed by atoms with Gasteiger partial charge in [0.25, 0.3) is 0 Å². The lowest BCUT2D eigenvalue weighted by Crippen LogP contribution is -2.34. The standard InChI is InChI=1S/C17H16Cl2N2O3/c18-12-6-3-7-13(15(12)19)20-14(22)8-9-21-16(23)10-4-1-2-5-11(10)17(21)24/h1-3,6-7,10-11H,4-5,8-9H2,(H,20,22)/t10-,11-/m1/s1. The van der Waals surface area contributed by atoms with Crippen LogP contribution in [0.3, 0.4) is 0 Å². The molecule has 24 heavy (non-hydrogen) atoms. The summed E-state index contributed by atoms with van der Waals surface area (Å²) in [6.07, 6.45) is 5.08. The van der Waals surface area contributed by atoms with Crippen LogP contribution in [-0.4, -0.2) is 29.2 Å². The van der Waals surface area contributed by atoms with E-state index in [1.807, 2.05) is 12.2 Å². The molecular formula is C17H16Cl2N2O3. The largest absolute Gasteiger partial charge is 0.325 e. The van der Waals surface area contributed by atoms with E-state index in [2.05, 4.69) is 5.32 Å². The molecule has 0 saturated carbocycles. The summed E-state index contributed by atoms with van der Waals surface area (Å²) in [6, 6.07) is 4.93. The van der Waals surface area contributed by atoms with Gasteiger partial charge in [-0.1, -0.05) is 41.4 Å². The zero-order chi connectivity index (χ0) is 17.3. The third kappa shape index (κ3) is 3.19. The molecule has 0 spiro atoms. The van der Waals surface area contributed by atoms with Gasteiger partial charge in [0, 0.05) is 13.0 Å². The van der Waals surface area contributed by atoms with Crippen LogP contribution in [0, 0.1) is 11.8 Å². The molecule has 126 valence electrons. The van der Waals surface area contributed by atoms with Crippen molar-refractivity contribution in [3.63, 3.8) is 0 Å². The fourth-order valence-electron chi connectivity index (χ4n) is 3.12. The molecule has 0 bridgehead atoms. The number of halogens is 2. The van der Waals surface area contributed by atoms with Gasteiger partial charge in [-0.05, 0) is 25.0 Å². The Morgan fingerprint density at radius 1 is 1.12 bits per heavy atom. The number of anilines is 1. The lowest BCUT2D eigenvalue weighted by molar-refractivity contribution is -0.140. The predicted molar refractivity (Wildman–Crippen MR) is 91.8 cm³/mol. The van der Waals surface area contributed by atoms with Gasteiger partial charge in [-0.2, -0.15) is 0 Å². The van der Waals surface area contributed by atoms with Crippen molar-refractivity contribution >= 4 is 46.6 Å². The van der Waals surface area contributed by atoms with Crippen LogP contribution in [0.15, 0.2) is 30.4 Å². The summed E-state index contributed by atoms with van der Waals surface area (Å²) < 4.78 is 0. The lowest BCUT2D eigenvalue weighted by atomic mass is 9.85. The summed E-state index contributed by atoms with van der Waals surface area (Å²) in [6.45, 7) is 0.0781. The smallest absolute Gasteiger partial charge is 0.233 e. The highest BCUT2D eigenvalue weighted by Crippen LogP contribution is 2.35. The predicted octanol–water partition coefficient (Wildman–Crippen LogP) is 3.27. The molecule has 1 fully saturated rings. The number of carbonyl (C=O) groups excluding carboxylic acids is 3. The fraction of sp³-hybridized carbons (Fsp3) is 0.353. The van der Waals surface area contributed by atoms with Gasteiger partial charge in [0.15, 0.2) is 0 Å². The van der Waals surface area contributed by atoms with E-state index in [4.69, 9.17) is 23.2 Å². The van der Waals surface area contributed by atoms with E-state index >= 15 is 0 Å². The summed E-state index contributed by atoms with van der Waals surface area (Å²) in [5.74, 6) is -1.22. The summed E-state index contributed by atoms with van der Waals surface area (Å²) in [5, 5.41) is 3.26. The van der Waals surface area contributed by atoms with Crippen LogP contribution in [0.2, 0.25) is 10.0 Å². The van der Waals surface area contributed by atoms with Gasteiger partial charge < -0.3 is 5.32 Å². The maximum Gasteiger partial charge on any atom is 0.233 e. The average molecular weight is 367 g/mol. The Balaban J connectivity index is 1.59. The van der Waals surface area contributed by atoms with Crippen LogP contribution in [0.5, 0.6) is 0 Å². The minimum absolute atomic E-state index is 0.0210. The van der Waals surface area contributed by atoms with E-state index in [0.29, 0.717) is 23.6 Å². The molecule has 5 nitrogen and oxygen atoms in total. The molecule has 1 aromatic carbocycles. The van der Waals surface area contributed by atoms with Crippen molar-refractivity contribution in [2.75, 3.05) is 11.9 Å². The molecule has 3 rings (SSSR count). The molecule has 1 aliphatic carbocycles. The van der Waals surface area contributed by atoms with E-state index in [0.717, 1.165) is 0 Å². The molecule has 1 saturated heterocycles. The maximum absolute atomic E-state index is 12.3. The zero-order valence-electron chi connectivity index (χ0n) is 12.8. The first-order valence-corrected chi connectivity index (χ1v) is 8.48. The first-order valence-electron chi connectivity index (χ1n) is 7.73. The molecular weight excluding hydrogens is 351 g/mol. The van der Waals surface area contributed by atoms with Gasteiger partial charge in [0.05, 0.1) is 27.6 Å². The van der Waals surface area contributed by atoms with Crippen LogP contribution in [-0.2, 0) is 14.4 Å². The number of hydrogen-bond donors (Lipinski definition) is 1. The van der Waals surface area contributed by atoms with Crippen LogP contribution < -0.4 is 5.32 Å². The summed E-state index contributed by atoms with van der Waals surface area (Å²) in [4.78, 5) is 37.9. The molecule has 3 amide bonds. The van der Waals surface area contributed by atoms with E-state index in [1.54, 1.807) is 18.2 Å². The van der Waals surface area contributed by atoms with E-state index < -0.39 is 0 Å². The number of allylic oxidation sites excluding steroid dienone is 2. The molecule has 2 atom stereocenters. The number of imide groups is 1. The number of nitrogens with zero attached hydrogens (tertiary/aromatic N) is 1. The fourth-order valence-corrected chi connectivity index (χ4v) is 3.46. The molecule has 2 aliphatic rings. The third-order valence-electron chi connectivity index (χ3n) is 4.39. The lowest BCUT2D eigenvalue weighted by Gasteiger charge is -2.14. The van der Waals surface area contributed by atoms with E-state index in [-0.39, 0.29) is 47.5 Å². The molecule has 0 radical (unpaired) electrons. The van der Waals surface area contributed by atoms with Crippen LogP contribution in [0.4, 0.5) is 5.69 Å². The van der Waals surface area contributed by atoms with Crippen molar-refractivity contribution in [2.45, 2.75) is 19.3 Å². The Morgan fingerprint density at radius 2 is 1.75 bits per heavy atom. The first kappa shape index (κ1) is 17.0. The minimum Gasteiger partial charge on any atom is -0.325 e. The van der Waals surface area contributed by atoms with E-state index in [9.17, 15) is 14.4 Å². The minimum atomic E-state index is -0.326. The Morgan fingerprint density at radius 3 is 2.38 bits per heavy atom. The van der Waals surface area contributed by atoms with E-state index in [1.165, 1.54) is 4.90 Å². The molecule has 1 N–H and O–H groups in total. The molecule has 0 aromatic heterocycles. The van der Waals surface area contributed by atoms with Crippen molar-refractivity contribution in [3.8, 4) is 0 Å². The zero-order valence-corrected chi connectivity index (χ0v) is 14.3.